The summed E-state index contributed by atoms with van der Waals surface area (Å²) in [6.45, 7) is 7.72. The van der Waals surface area contributed by atoms with E-state index in [1.165, 1.54) is 11.1 Å². The second kappa shape index (κ2) is 8.72. The van der Waals surface area contributed by atoms with E-state index in [1.54, 1.807) is 0 Å². The molecule has 0 saturated heterocycles. The number of rotatable bonds is 7. The molecule has 1 aromatic heterocycles. The van der Waals surface area contributed by atoms with Gasteiger partial charge in [-0.3, -0.25) is 4.79 Å². The second-order valence-electron chi connectivity index (χ2n) is 7.39. The van der Waals surface area contributed by atoms with Gasteiger partial charge in [-0.25, -0.2) is 0 Å². The van der Waals surface area contributed by atoms with Crippen LogP contribution in [0.1, 0.15) is 36.2 Å². The van der Waals surface area contributed by atoms with E-state index < -0.39 is 0 Å². The normalized spacial score (nSPS) is 11.0. The average molecular weight is 361 g/mol. The summed E-state index contributed by atoms with van der Waals surface area (Å²) in [5.41, 5.74) is 4.76. The van der Waals surface area contributed by atoms with Crippen LogP contribution in [0.15, 0.2) is 72.9 Å². The third kappa shape index (κ3) is 5.10. The molecule has 0 radical (unpaired) electrons. The Morgan fingerprint density at radius 2 is 1.70 bits per heavy atom. The molecule has 0 aliphatic carbocycles. The number of hydrogen-bond acceptors (Lipinski definition) is 1. The molecular weight excluding hydrogens is 332 g/mol. The van der Waals surface area contributed by atoms with Crippen molar-refractivity contribution in [3.63, 3.8) is 0 Å². The lowest BCUT2D eigenvalue weighted by atomic mass is 10.1. The third-order valence-electron chi connectivity index (χ3n) is 4.83. The maximum atomic E-state index is 12.9. The molecule has 2 aromatic carbocycles. The van der Waals surface area contributed by atoms with Crippen LogP contribution in [0.4, 0.5) is 0 Å². The number of aromatic nitrogens is 1. The summed E-state index contributed by atoms with van der Waals surface area (Å²) in [7, 11) is 0. The molecule has 0 aliphatic heterocycles. The lowest BCUT2D eigenvalue weighted by Gasteiger charge is -2.27. The molecule has 27 heavy (non-hydrogen) atoms. The average Bonchev–Trinajstić information content (AvgIpc) is 3.07. The van der Waals surface area contributed by atoms with Crippen LogP contribution in [-0.4, -0.2) is 21.4 Å². The van der Waals surface area contributed by atoms with Crippen LogP contribution in [0.2, 0.25) is 0 Å². The highest BCUT2D eigenvalue weighted by Crippen LogP contribution is 2.15. The van der Waals surface area contributed by atoms with Crippen molar-refractivity contribution in [2.24, 2.45) is 0 Å². The quantitative estimate of drug-likeness (QED) is 0.593. The molecule has 0 spiro atoms. The van der Waals surface area contributed by atoms with Crippen molar-refractivity contribution in [3.8, 4) is 0 Å². The van der Waals surface area contributed by atoms with E-state index >= 15 is 0 Å². The van der Waals surface area contributed by atoms with Gasteiger partial charge in [0.2, 0.25) is 5.91 Å². The van der Waals surface area contributed by atoms with E-state index in [0.29, 0.717) is 13.0 Å². The van der Waals surface area contributed by atoms with Gasteiger partial charge in [0.15, 0.2) is 0 Å². The Morgan fingerprint density at radius 1 is 0.963 bits per heavy atom. The third-order valence-corrected chi connectivity index (χ3v) is 4.83. The Balaban J connectivity index is 1.74. The SMILES string of the molecule is Cc1cccc(Cn2cccc2CN(C(=O)Cc2ccccc2)C(C)C)c1. The van der Waals surface area contributed by atoms with Crippen LogP contribution in [0, 0.1) is 6.92 Å². The number of carbonyl (C=O) groups is 1. The first-order chi connectivity index (χ1) is 13.0. The van der Waals surface area contributed by atoms with Gasteiger partial charge in [-0.1, -0.05) is 60.2 Å². The van der Waals surface area contributed by atoms with Crippen LogP contribution in [-0.2, 0) is 24.3 Å². The molecule has 3 nitrogen and oxygen atoms in total. The number of hydrogen-bond donors (Lipinski definition) is 0. The first-order valence-electron chi connectivity index (χ1n) is 9.56. The molecule has 3 rings (SSSR count). The van der Waals surface area contributed by atoms with Crippen molar-refractivity contribution in [3.05, 3.63) is 95.3 Å². The summed E-state index contributed by atoms with van der Waals surface area (Å²) in [5.74, 6) is 0.166. The minimum Gasteiger partial charge on any atom is -0.345 e. The first kappa shape index (κ1) is 19.0. The molecule has 140 valence electrons. The summed E-state index contributed by atoms with van der Waals surface area (Å²) < 4.78 is 2.24. The highest BCUT2D eigenvalue weighted by atomic mass is 16.2. The van der Waals surface area contributed by atoms with E-state index in [4.69, 9.17) is 0 Å². The molecule has 0 fully saturated rings. The standard InChI is InChI=1S/C24H28N2O/c1-19(2)26(24(27)16-21-10-5-4-6-11-21)18-23-13-8-14-25(23)17-22-12-7-9-20(3)15-22/h4-15,19H,16-18H2,1-3H3. The van der Waals surface area contributed by atoms with E-state index in [1.807, 2.05) is 35.2 Å². The monoisotopic (exact) mass is 360 g/mol. The Morgan fingerprint density at radius 3 is 2.41 bits per heavy atom. The van der Waals surface area contributed by atoms with E-state index in [2.05, 4.69) is 67.9 Å². The number of aryl methyl sites for hydroxylation is 1. The fraction of sp³-hybridized carbons (Fsp3) is 0.292. The Kier molecular flexibility index (Phi) is 6.12. The zero-order valence-corrected chi connectivity index (χ0v) is 16.4. The minimum atomic E-state index is 0.156. The zero-order valence-electron chi connectivity index (χ0n) is 16.4. The van der Waals surface area contributed by atoms with Gasteiger partial charge in [0.1, 0.15) is 0 Å². The summed E-state index contributed by atoms with van der Waals surface area (Å²) in [6.07, 6.45) is 2.54. The summed E-state index contributed by atoms with van der Waals surface area (Å²) in [6, 6.07) is 22.9. The molecule has 0 aliphatic rings. The summed E-state index contributed by atoms with van der Waals surface area (Å²) >= 11 is 0. The smallest absolute Gasteiger partial charge is 0.227 e. The minimum absolute atomic E-state index is 0.156. The van der Waals surface area contributed by atoms with Gasteiger partial charge < -0.3 is 9.47 Å². The fourth-order valence-electron chi connectivity index (χ4n) is 3.36. The van der Waals surface area contributed by atoms with E-state index in [-0.39, 0.29) is 11.9 Å². The van der Waals surface area contributed by atoms with Crippen molar-refractivity contribution < 1.29 is 4.79 Å². The van der Waals surface area contributed by atoms with Crippen LogP contribution in [0.5, 0.6) is 0 Å². The second-order valence-corrected chi connectivity index (χ2v) is 7.39. The van der Waals surface area contributed by atoms with Gasteiger partial charge >= 0.3 is 0 Å². The summed E-state index contributed by atoms with van der Waals surface area (Å²) in [5, 5.41) is 0. The van der Waals surface area contributed by atoms with Gasteiger partial charge in [-0.15, -0.1) is 0 Å². The van der Waals surface area contributed by atoms with Crippen LogP contribution in [0.25, 0.3) is 0 Å². The number of carbonyl (C=O) groups excluding carboxylic acids is 1. The fourth-order valence-corrected chi connectivity index (χ4v) is 3.36. The molecule has 1 heterocycles. The maximum absolute atomic E-state index is 12.9. The van der Waals surface area contributed by atoms with Gasteiger partial charge in [0, 0.05) is 24.5 Å². The Labute approximate surface area is 162 Å². The number of amides is 1. The van der Waals surface area contributed by atoms with Crippen molar-refractivity contribution >= 4 is 5.91 Å². The number of nitrogens with zero attached hydrogens (tertiary/aromatic N) is 2. The first-order valence-corrected chi connectivity index (χ1v) is 9.56. The van der Waals surface area contributed by atoms with E-state index in [9.17, 15) is 4.79 Å². The summed E-state index contributed by atoms with van der Waals surface area (Å²) in [4.78, 5) is 14.9. The molecular formula is C24H28N2O. The Hall–Kier alpha value is -2.81. The zero-order chi connectivity index (χ0) is 19.2. The van der Waals surface area contributed by atoms with Gasteiger partial charge in [-0.05, 0) is 44.0 Å². The lowest BCUT2D eigenvalue weighted by Crippen LogP contribution is -2.38. The Bertz CT molecular complexity index is 880. The number of benzene rings is 2. The largest absolute Gasteiger partial charge is 0.345 e. The molecule has 0 unspecified atom stereocenters. The molecule has 0 saturated carbocycles. The molecule has 3 aromatic rings. The highest BCUT2D eigenvalue weighted by molar-refractivity contribution is 5.79. The van der Waals surface area contributed by atoms with Crippen molar-refractivity contribution in [2.45, 2.75) is 46.3 Å². The van der Waals surface area contributed by atoms with Crippen molar-refractivity contribution in [1.29, 1.82) is 0 Å². The van der Waals surface area contributed by atoms with Crippen LogP contribution in [0.3, 0.4) is 0 Å². The molecule has 0 atom stereocenters. The van der Waals surface area contributed by atoms with Gasteiger partial charge in [0.05, 0.1) is 13.0 Å². The lowest BCUT2D eigenvalue weighted by molar-refractivity contribution is -0.132. The molecule has 3 heteroatoms. The predicted molar refractivity (Wildman–Crippen MR) is 111 cm³/mol. The topological polar surface area (TPSA) is 25.2 Å². The van der Waals surface area contributed by atoms with Crippen LogP contribution < -0.4 is 0 Å². The van der Waals surface area contributed by atoms with Crippen LogP contribution >= 0.6 is 0 Å². The highest BCUT2D eigenvalue weighted by Gasteiger charge is 2.19. The van der Waals surface area contributed by atoms with Gasteiger partial charge in [0.25, 0.3) is 0 Å². The van der Waals surface area contributed by atoms with Gasteiger partial charge in [-0.2, -0.15) is 0 Å². The molecule has 0 N–H and O–H groups in total. The predicted octanol–water partition coefficient (Wildman–Crippen LogP) is 4.82. The maximum Gasteiger partial charge on any atom is 0.227 e. The molecule has 0 bridgehead atoms. The van der Waals surface area contributed by atoms with E-state index in [0.717, 1.165) is 17.8 Å². The molecule has 1 amide bonds. The van der Waals surface area contributed by atoms with Crippen molar-refractivity contribution in [2.75, 3.05) is 0 Å². The van der Waals surface area contributed by atoms with Crippen molar-refractivity contribution in [1.82, 2.24) is 9.47 Å².